The summed E-state index contributed by atoms with van der Waals surface area (Å²) in [5, 5.41) is 0. The van der Waals surface area contributed by atoms with Gasteiger partial charge >= 0.3 is 0 Å². The fourth-order valence-electron chi connectivity index (χ4n) is 2.28. The van der Waals surface area contributed by atoms with E-state index in [2.05, 4.69) is 4.90 Å². The molecular weight excluding hydrogens is 222 g/mol. The van der Waals surface area contributed by atoms with E-state index in [-0.39, 0.29) is 0 Å². The molecule has 0 aliphatic carbocycles. The number of halogens is 2. The molecule has 2 rings (SSSR count). The van der Waals surface area contributed by atoms with E-state index in [1.54, 1.807) is 6.07 Å². The van der Waals surface area contributed by atoms with Gasteiger partial charge in [-0.3, -0.25) is 4.90 Å². The van der Waals surface area contributed by atoms with Gasteiger partial charge in [0.15, 0.2) is 11.6 Å². The van der Waals surface area contributed by atoms with Crippen LogP contribution in [0.3, 0.4) is 0 Å². The van der Waals surface area contributed by atoms with Crippen molar-refractivity contribution < 1.29 is 8.78 Å². The van der Waals surface area contributed by atoms with Gasteiger partial charge in [-0.1, -0.05) is 6.07 Å². The van der Waals surface area contributed by atoms with Gasteiger partial charge in [0.2, 0.25) is 0 Å². The minimum Gasteiger partial charge on any atom is -0.330 e. The van der Waals surface area contributed by atoms with E-state index < -0.39 is 11.6 Å². The van der Waals surface area contributed by atoms with Crippen molar-refractivity contribution in [3.8, 4) is 0 Å². The Bertz CT molecular complexity index is 374. The van der Waals surface area contributed by atoms with E-state index in [0.717, 1.165) is 38.0 Å². The van der Waals surface area contributed by atoms with Gasteiger partial charge in [-0.2, -0.15) is 0 Å². The first-order chi connectivity index (χ1) is 8.19. The summed E-state index contributed by atoms with van der Waals surface area (Å²) in [6.45, 7) is 3.41. The lowest BCUT2D eigenvalue weighted by molar-refractivity contribution is 0.180. The van der Waals surface area contributed by atoms with E-state index in [9.17, 15) is 8.78 Å². The highest BCUT2D eigenvalue weighted by Gasteiger charge is 2.18. The van der Waals surface area contributed by atoms with Crippen molar-refractivity contribution in [2.24, 2.45) is 11.7 Å². The largest absolute Gasteiger partial charge is 0.330 e. The third-order valence-corrected chi connectivity index (χ3v) is 3.43. The molecule has 94 valence electrons. The summed E-state index contributed by atoms with van der Waals surface area (Å²) < 4.78 is 25.8. The highest BCUT2D eigenvalue weighted by Crippen LogP contribution is 2.18. The van der Waals surface area contributed by atoms with Crippen molar-refractivity contribution in [2.75, 3.05) is 19.6 Å². The molecule has 4 heteroatoms. The van der Waals surface area contributed by atoms with E-state index in [0.29, 0.717) is 12.5 Å². The molecule has 0 unspecified atom stereocenters. The second kappa shape index (κ2) is 5.56. The van der Waals surface area contributed by atoms with Gasteiger partial charge in [-0.05, 0) is 56.1 Å². The molecule has 0 radical (unpaired) electrons. The lowest BCUT2D eigenvalue weighted by atomic mass is 9.97. The maximum absolute atomic E-state index is 13.0. The predicted molar refractivity (Wildman–Crippen MR) is 63.4 cm³/mol. The Hall–Kier alpha value is -1.00. The van der Waals surface area contributed by atoms with Crippen LogP contribution >= 0.6 is 0 Å². The fourth-order valence-corrected chi connectivity index (χ4v) is 2.28. The zero-order valence-corrected chi connectivity index (χ0v) is 9.83. The zero-order valence-electron chi connectivity index (χ0n) is 9.83. The molecule has 0 aromatic heterocycles. The molecule has 1 heterocycles. The van der Waals surface area contributed by atoms with Gasteiger partial charge < -0.3 is 5.73 Å². The Morgan fingerprint density at radius 2 is 1.88 bits per heavy atom. The monoisotopic (exact) mass is 240 g/mol. The molecule has 0 spiro atoms. The first-order valence-corrected chi connectivity index (χ1v) is 6.05. The molecule has 0 atom stereocenters. The number of hydrogen-bond acceptors (Lipinski definition) is 2. The van der Waals surface area contributed by atoms with Crippen LogP contribution < -0.4 is 5.73 Å². The molecule has 2 N–H and O–H groups in total. The van der Waals surface area contributed by atoms with Crippen molar-refractivity contribution >= 4 is 0 Å². The quantitative estimate of drug-likeness (QED) is 0.877. The summed E-state index contributed by atoms with van der Waals surface area (Å²) in [6.07, 6.45) is 2.19. The van der Waals surface area contributed by atoms with Crippen LogP contribution in [0.4, 0.5) is 8.78 Å². The van der Waals surface area contributed by atoms with Crippen LogP contribution in [0.25, 0.3) is 0 Å². The number of nitrogens with two attached hydrogens (primary N) is 1. The Morgan fingerprint density at radius 3 is 2.47 bits per heavy atom. The minimum absolute atomic E-state index is 0.621. The molecule has 1 aromatic rings. The van der Waals surface area contributed by atoms with Gasteiger partial charge in [0.05, 0.1) is 0 Å². The standard InChI is InChI=1S/C13H18F2N2/c14-12-2-1-11(7-13(12)15)9-17-5-3-10(8-16)4-6-17/h1-2,7,10H,3-6,8-9,16H2. The Morgan fingerprint density at radius 1 is 1.18 bits per heavy atom. The van der Waals surface area contributed by atoms with E-state index in [1.807, 2.05) is 0 Å². The average molecular weight is 240 g/mol. The molecule has 0 amide bonds. The molecule has 2 nitrogen and oxygen atoms in total. The lowest BCUT2D eigenvalue weighted by Crippen LogP contribution is -2.35. The number of rotatable bonds is 3. The highest BCUT2D eigenvalue weighted by molar-refractivity contribution is 5.17. The van der Waals surface area contributed by atoms with Gasteiger partial charge in [0.25, 0.3) is 0 Å². The van der Waals surface area contributed by atoms with Crippen molar-refractivity contribution in [1.82, 2.24) is 4.90 Å². The number of nitrogens with zero attached hydrogens (tertiary/aromatic N) is 1. The second-order valence-electron chi connectivity index (χ2n) is 4.70. The Balaban J connectivity index is 1.91. The predicted octanol–water partition coefficient (Wildman–Crippen LogP) is 2.14. The molecule has 0 saturated carbocycles. The number of benzene rings is 1. The maximum atomic E-state index is 13.0. The van der Waals surface area contributed by atoms with Gasteiger partial charge in [-0.15, -0.1) is 0 Å². The van der Waals surface area contributed by atoms with Crippen LogP contribution in [0.1, 0.15) is 18.4 Å². The highest BCUT2D eigenvalue weighted by atomic mass is 19.2. The number of likely N-dealkylation sites (tertiary alicyclic amines) is 1. The van der Waals surface area contributed by atoms with Gasteiger partial charge in [0.1, 0.15) is 0 Å². The summed E-state index contributed by atoms with van der Waals surface area (Å²) in [6, 6.07) is 4.12. The average Bonchev–Trinajstić information content (AvgIpc) is 2.35. The van der Waals surface area contributed by atoms with Gasteiger partial charge in [0, 0.05) is 6.54 Å². The molecule has 1 aliphatic heterocycles. The first-order valence-electron chi connectivity index (χ1n) is 6.05. The SMILES string of the molecule is NCC1CCN(Cc2ccc(F)c(F)c2)CC1. The van der Waals surface area contributed by atoms with Crippen LogP contribution in [0, 0.1) is 17.6 Å². The van der Waals surface area contributed by atoms with Crippen molar-refractivity contribution in [3.05, 3.63) is 35.4 Å². The third-order valence-electron chi connectivity index (χ3n) is 3.43. The molecule has 1 aliphatic rings. The maximum Gasteiger partial charge on any atom is 0.159 e. The molecule has 17 heavy (non-hydrogen) atoms. The van der Waals surface area contributed by atoms with Crippen LogP contribution in [-0.2, 0) is 6.54 Å². The summed E-state index contributed by atoms with van der Waals surface area (Å²) in [5.41, 5.74) is 6.46. The summed E-state index contributed by atoms with van der Waals surface area (Å²) in [5.74, 6) is -0.925. The van der Waals surface area contributed by atoms with Crippen molar-refractivity contribution in [1.29, 1.82) is 0 Å². The van der Waals surface area contributed by atoms with E-state index >= 15 is 0 Å². The van der Waals surface area contributed by atoms with Crippen LogP contribution in [-0.4, -0.2) is 24.5 Å². The Kier molecular flexibility index (Phi) is 4.07. The molecule has 1 fully saturated rings. The molecular formula is C13H18F2N2. The van der Waals surface area contributed by atoms with E-state index in [1.165, 1.54) is 12.1 Å². The summed E-state index contributed by atoms with van der Waals surface area (Å²) in [7, 11) is 0. The smallest absolute Gasteiger partial charge is 0.159 e. The number of piperidine rings is 1. The Labute approximate surface area is 100 Å². The summed E-state index contributed by atoms with van der Waals surface area (Å²) >= 11 is 0. The van der Waals surface area contributed by atoms with Crippen LogP contribution in [0.5, 0.6) is 0 Å². The minimum atomic E-state index is -0.782. The molecule has 1 saturated heterocycles. The number of hydrogen-bond donors (Lipinski definition) is 1. The molecule has 1 aromatic carbocycles. The first kappa shape index (κ1) is 12.5. The molecule has 0 bridgehead atoms. The van der Waals surface area contributed by atoms with Crippen molar-refractivity contribution in [3.63, 3.8) is 0 Å². The second-order valence-corrected chi connectivity index (χ2v) is 4.70. The van der Waals surface area contributed by atoms with Crippen LogP contribution in [0.2, 0.25) is 0 Å². The normalized spacial score (nSPS) is 18.5. The third kappa shape index (κ3) is 3.23. The van der Waals surface area contributed by atoms with Crippen LogP contribution in [0.15, 0.2) is 18.2 Å². The fraction of sp³-hybridized carbons (Fsp3) is 0.538. The van der Waals surface area contributed by atoms with Gasteiger partial charge in [-0.25, -0.2) is 8.78 Å². The van der Waals surface area contributed by atoms with E-state index in [4.69, 9.17) is 5.73 Å². The van der Waals surface area contributed by atoms with Crippen molar-refractivity contribution in [2.45, 2.75) is 19.4 Å². The summed E-state index contributed by atoms with van der Waals surface area (Å²) in [4.78, 5) is 2.26. The topological polar surface area (TPSA) is 29.3 Å². The lowest BCUT2D eigenvalue weighted by Gasteiger charge is -2.31. The zero-order chi connectivity index (χ0) is 12.3.